The third-order valence-electron chi connectivity index (χ3n) is 6.33. The van der Waals surface area contributed by atoms with Gasteiger partial charge in [0, 0.05) is 48.9 Å². The Balaban J connectivity index is 1.83. The Kier molecular flexibility index (Phi) is 7.36. The van der Waals surface area contributed by atoms with Crippen LogP contribution < -0.4 is 5.32 Å². The highest BCUT2D eigenvalue weighted by atomic mass is 16.5. The normalized spacial score (nSPS) is 17.6. The summed E-state index contributed by atoms with van der Waals surface area (Å²) in [5, 5.41) is 3.98. The number of ether oxygens (including phenoxy) is 2. The van der Waals surface area contributed by atoms with Crippen molar-refractivity contribution in [3.63, 3.8) is 0 Å². The largest absolute Gasteiger partial charge is 0.468 e. The SMILES string of the molecule is C=C(CNC(=O)C1c2ccccc2C(=O)N(CCOC)C1c1cn(C)c2ccccc12)O/C=C\C. The molecule has 1 aromatic heterocycles. The van der Waals surface area contributed by atoms with Gasteiger partial charge in [-0.2, -0.15) is 0 Å². The predicted molar refractivity (Wildman–Crippen MR) is 136 cm³/mol. The maximum absolute atomic E-state index is 13.8. The number of aryl methyl sites for hydroxylation is 1. The van der Waals surface area contributed by atoms with E-state index in [0.717, 1.165) is 16.5 Å². The van der Waals surface area contributed by atoms with E-state index in [1.54, 1.807) is 24.2 Å². The molecule has 0 fully saturated rings. The van der Waals surface area contributed by atoms with Crippen molar-refractivity contribution in [3.8, 4) is 0 Å². The van der Waals surface area contributed by atoms with Gasteiger partial charge >= 0.3 is 0 Å². The molecule has 4 rings (SSSR count). The van der Waals surface area contributed by atoms with Crippen molar-refractivity contribution in [1.82, 2.24) is 14.8 Å². The number of amides is 2. The quantitative estimate of drug-likeness (QED) is 0.471. The van der Waals surface area contributed by atoms with Crippen molar-refractivity contribution < 1.29 is 19.1 Å². The number of allylic oxidation sites excluding steroid dienone is 1. The highest BCUT2D eigenvalue weighted by Gasteiger charge is 2.44. The molecule has 3 aromatic rings. The molecule has 0 radical (unpaired) electrons. The van der Waals surface area contributed by atoms with E-state index in [9.17, 15) is 9.59 Å². The van der Waals surface area contributed by atoms with Crippen LogP contribution in [-0.2, 0) is 21.3 Å². The van der Waals surface area contributed by atoms with E-state index in [1.807, 2.05) is 67.2 Å². The zero-order chi connectivity index (χ0) is 24.9. The second-order valence-electron chi connectivity index (χ2n) is 8.56. The molecule has 2 amide bonds. The fourth-order valence-corrected chi connectivity index (χ4v) is 4.77. The van der Waals surface area contributed by atoms with Crippen LogP contribution in [0, 0.1) is 0 Å². The molecule has 0 bridgehead atoms. The zero-order valence-corrected chi connectivity index (χ0v) is 20.4. The summed E-state index contributed by atoms with van der Waals surface area (Å²) < 4.78 is 12.8. The number of carbonyl (C=O) groups is 2. The molecule has 2 aromatic carbocycles. The molecule has 182 valence electrons. The summed E-state index contributed by atoms with van der Waals surface area (Å²) in [5.41, 5.74) is 3.20. The highest BCUT2D eigenvalue weighted by molar-refractivity contribution is 6.02. The molecule has 2 atom stereocenters. The van der Waals surface area contributed by atoms with Gasteiger partial charge in [-0.3, -0.25) is 9.59 Å². The number of methoxy groups -OCH3 is 1. The van der Waals surface area contributed by atoms with Crippen LogP contribution in [0.5, 0.6) is 0 Å². The van der Waals surface area contributed by atoms with Crippen LogP contribution in [0.25, 0.3) is 10.9 Å². The lowest BCUT2D eigenvalue weighted by atomic mass is 9.79. The van der Waals surface area contributed by atoms with Gasteiger partial charge < -0.3 is 24.3 Å². The summed E-state index contributed by atoms with van der Waals surface area (Å²) >= 11 is 0. The maximum atomic E-state index is 13.8. The molecule has 0 aliphatic carbocycles. The number of rotatable bonds is 9. The average Bonchev–Trinajstić information content (AvgIpc) is 3.21. The summed E-state index contributed by atoms with van der Waals surface area (Å²) in [5.74, 6) is -0.508. The smallest absolute Gasteiger partial charge is 0.254 e. The maximum Gasteiger partial charge on any atom is 0.254 e. The predicted octanol–water partition coefficient (Wildman–Crippen LogP) is 4.29. The van der Waals surface area contributed by atoms with E-state index in [1.165, 1.54) is 6.26 Å². The average molecular weight is 474 g/mol. The molecular formula is C28H31N3O4. The molecule has 35 heavy (non-hydrogen) atoms. The number of aromatic nitrogens is 1. The van der Waals surface area contributed by atoms with Crippen LogP contribution >= 0.6 is 0 Å². The van der Waals surface area contributed by atoms with Gasteiger partial charge in [0.15, 0.2) is 0 Å². The van der Waals surface area contributed by atoms with Crippen LogP contribution in [0.2, 0.25) is 0 Å². The van der Waals surface area contributed by atoms with Gasteiger partial charge in [-0.15, -0.1) is 0 Å². The Morgan fingerprint density at radius 2 is 1.89 bits per heavy atom. The number of fused-ring (bicyclic) bond motifs is 2. The second kappa shape index (κ2) is 10.6. The number of para-hydroxylation sites is 1. The number of hydrogen-bond acceptors (Lipinski definition) is 4. The van der Waals surface area contributed by atoms with Crippen molar-refractivity contribution in [2.75, 3.05) is 26.8 Å². The lowest BCUT2D eigenvalue weighted by Crippen LogP contribution is -2.48. The molecule has 7 nitrogen and oxygen atoms in total. The number of nitrogens with zero attached hydrogens (tertiary/aromatic N) is 2. The monoisotopic (exact) mass is 473 g/mol. The van der Waals surface area contributed by atoms with Crippen LogP contribution in [0.15, 0.2) is 79.4 Å². The lowest BCUT2D eigenvalue weighted by Gasteiger charge is -2.41. The first-order chi connectivity index (χ1) is 17.0. The Hall–Kier alpha value is -3.84. The van der Waals surface area contributed by atoms with Gasteiger partial charge in [-0.25, -0.2) is 0 Å². The molecule has 2 heterocycles. The Morgan fingerprint density at radius 1 is 1.14 bits per heavy atom. The van der Waals surface area contributed by atoms with Gasteiger partial charge in [-0.1, -0.05) is 49.1 Å². The topological polar surface area (TPSA) is 72.8 Å². The number of nitrogens with one attached hydrogen (secondary N) is 1. The minimum absolute atomic E-state index is 0.111. The molecule has 0 saturated heterocycles. The summed E-state index contributed by atoms with van der Waals surface area (Å²) in [4.78, 5) is 29.2. The summed E-state index contributed by atoms with van der Waals surface area (Å²) in [6, 6.07) is 14.9. The highest BCUT2D eigenvalue weighted by Crippen LogP contribution is 2.45. The van der Waals surface area contributed by atoms with E-state index in [-0.39, 0.29) is 18.4 Å². The van der Waals surface area contributed by atoms with E-state index >= 15 is 0 Å². The first kappa shape index (κ1) is 24.3. The number of benzene rings is 2. The van der Waals surface area contributed by atoms with Crippen LogP contribution in [-0.4, -0.2) is 48.1 Å². The molecule has 0 saturated carbocycles. The molecule has 7 heteroatoms. The number of hydrogen-bond donors (Lipinski definition) is 1. The van der Waals surface area contributed by atoms with Gasteiger partial charge in [0.25, 0.3) is 5.91 Å². The fourth-order valence-electron chi connectivity index (χ4n) is 4.77. The Bertz CT molecular complexity index is 1280. The molecule has 1 aliphatic rings. The summed E-state index contributed by atoms with van der Waals surface area (Å²) in [6.45, 7) is 6.59. The van der Waals surface area contributed by atoms with E-state index < -0.39 is 12.0 Å². The van der Waals surface area contributed by atoms with Crippen molar-refractivity contribution in [3.05, 3.63) is 96.1 Å². The molecule has 1 N–H and O–H groups in total. The van der Waals surface area contributed by atoms with Crippen LogP contribution in [0.3, 0.4) is 0 Å². The van der Waals surface area contributed by atoms with Crippen molar-refractivity contribution in [1.29, 1.82) is 0 Å². The van der Waals surface area contributed by atoms with Gasteiger partial charge in [-0.05, 0) is 24.6 Å². The molecule has 1 aliphatic heterocycles. The third-order valence-corrected chi connectivity index (χ3v) is 6.33. The Morgan fingerprint density at radius 3 is 2.66 bits per heavy atom. The summed E-state index contributed by atoms with van der Waals surface area (Å²) in [7, 11) is 3.58. The zero-order valence-electron chi connectivity index (χ0n) is 20.4. The van der Waals surface area contributed by atoms with Gasteiger partial charge in [0.1, 0.15) is 5.76 Å². The standard InChI is InChI=1S/C28H31N3O4/c1-5-15-35-19(2)17-29-27(32)25-21-11-6-7-12-22(21)28(33)31(14-16-34-4)26(25)23-18-30(3)24-13-9-8-10-20(23)24/h5-13,15,18,25-26H,2,14,16-17H2,1,3-4H3,(H,29,32)/b15-5-. The minimum Gasteiger partial charge on any atom is -0.468 e. The van der Waals surface area contributed by atoms with Crippen molar-refractivity contribution in [2.45, 2.75) is 18.9 Å². The van der Waals surface area contributed by atoms with Crippen LogP contribution in [0.4, 0.5) is 0 Å². The number of carbonyl (C=O) groups excluding carboxylic acids is 2. The van der Waals surface area contributed by atoms with E-state index in [0.29, 0.717) is 30.0 Å². The van der Waals surface area contributed by atoms with E-state index in [4.69, 9.17) is 9.47 Å². The Labute approximate surface area is 205 Å². The summed E-state index contributed by atoms with van der Waals surface area (Å²) in [6.07, 6.45) is 5.29. The molecule has 2 unspecified atom stereocenters. The third kappa shape index (κ3) is 4.72. The van der Waals surface area contributed by atoms with Crippen molar-refractivity contribution in [2.24, 2.45) is 7.05 Å². The molecular weight excluding hydrogens is 442 g/mol. The fraction of sp³-hybridized carbons (Fsp3) is 0.286. The second-order valence-corrected chi connectivity index (χ2v) is 8.56. The van der Waals surface area contributed by atoms with Gasteiger partial charge in [0.2, 0.25) is 5.91 Å². The van der Waals surface area contributed by atoms with Crippen molar-refractivity contribution >= 4 is 22.7 Å². The van der Waals surface area contributed by atoms with Crippen LogP contribution in [0.1, 0.15) is 40.4 Å². The first-order valence-corrected chi connectivity index (χ1v) is 11.6. The molecule has 0 spiro atoms. The first-order valence-electron chi connectivity index (χ1n) is 11.6. The van der Waals surface area contributed by atoms with E-state index in [2.05, 4.69) is 11.9 Å². The van der Waals surface area contributed by atoms with Gasteiger partial charge in [0.05, 0.1) is 31.4 Å². The minimum atomic E-state index is -0.624. The lowest BCUT2D eigenvalue weighted by molar-refractivity contribution is -0.124.